The maximum Gasteiger partial charge on any atom is 0.320 e. The summed E-state index contributed by atoms with van der Waals surface area (Å²) in [5, 5.41) is 9.26. The van der Waals surface area contributed by atoms with Crippen molar-refractivity contribution in [2.24, 2.45) is 5.41 Å². The van der Waals surface area contributed by atoms with Crippen LogP contribution in [0, 0.1) is 5.41 Å². The maximum absolute atomic E-state index is 12.4. The fraction of sp³-hybridized carbons (Fsp3) is 0.846. The number of carbonyl (C=O) groups is 2. The molecule has 5 nitrogen and oxygen atoms in total. The number of likely N-dealkylation sites (tertiary alicyclic amines) is 2. The van der Waals surface area contributed by atoms with Crippen molar-refractivity contribution in [2.45, 2.75) is 45.6 Å². The minimum Gasteiger partial charge on any atom is -0.481 e. The number of carboxylic acids is 1. The summed E-state index contributed by atoms with van der Waals surface area (Å²) < 4.78 is 0. The molecule has 2 aliphatic heterocycles. The summed E-state index contributed by atoms with van der Waals surface area (Å²) in [5.41, 5.74) is -0.781. The summed E-state index contributed by atoms with van der Waals surface area (Å²) in [6.07, 6.45) is 3.53. The minimum absolute atomic E-state index is 0.0205. The second-order valence-electron chi connectivity index (χ2n) is 5.86. The largest absolute Gasteiger partial charge is 0.481 e. The lowest BCUT2D eigenvalue weighted by Crippen LogP contribution is -2.53. The highest BCUT2D eigenvalue weighted by molar-refractivity contribution is 5.79. The van der Waals surface area contributed by atoms with Crippen molar-refractivity contribution >= 4 is 12.0 Å². The molecule has 2 rings (SSSR count). The summed E-state index contributed by atoms with van der Waals surface area (Å²) >= 11 is 0. The van der Waals surface area contributed by atoms with E-state index in [1.54, 1.807) is 11.8 Å². The van der Waals surface area contributed by atoms with Crippen molar-refractivity contribution in [3.05, 3.63) is 0 Å². The zero-order chi connectivity index (χ0) is 13.3. The highest BCUT2D eigenvalue weighted by Crippen LogP contribution is 2.31. The molecule has 2 atom stereocenters. The van der Waals surface area contributed by atoms with Crippen LogP contribution in [0.5, 0.6) is 0 Å². The molecule has 18 heavy (non-hydrogen) atoms. The molecular formula is C13H22N2O3. The molecule has 0 aromatic rings. The highest BCUT2D eigenvalue weighted by Gasteiger charge is 2.41. The molecule has 0 saturated carbocycles. The molecular weight excluding hydrogens is 232 g/mol. The summed E-state index contributed by atoms with van der Waals surface area (Å²) in [6, 6.07) is 0.308. The smallest absolute Gasteiger partial charge is 0.320 e. The van der Waals surface area contributed by atoms with E-state index in [0.717, 1.165) is 25.8 Å². The normalized spacial score (nSPS) is 32.7. The Labute approximate surface area is 108 Å². The number of rotatable bonds is 1. The minimum atomic E-state index is -0.797. The molecule has 0 radical (unpaired) electrons. The molecule has 0 aliphatic carbocycles. The van der Waals surface area contributed by atoms with Crippen LogP contribution >= 0.6 is 0 Å². The number of hydrogen-bond donors (Lipinski definition) is 1. The second kappa shape index (κ2) is 4.78. The first-order chi connectivity index (χ1) is 8.44. The fourth-order valence-corrected chi connectivity index (χ4v) is 2.98. The van der Waals surface area contributed by atoms with Crippen LogP contribution in [0.2, 0.25) is 0 Å². The van der Waals surface area contributed by atoms with Gasteiger partial charge in [-0.2, -0.15) is 0 Å². The Morgan fingerprint density at radius 3 is 2.56 bits per heavy atom. The van der Waals surface area contributed by atoms with Crippen molar-refractivity contribution < 1.29 is 14.7 Å². The van der Waals surface area contributed by atoms with Gasteiger partial charge in [-0.3, -0.25) is 4.79 Å². The lowest BCUT2D eigenvalue weighted by atomic mass is 9.82. The Hall–Kier alpha value is -1.26. The number of amides is 2. The van der Waals surface area contributed by atoms with Crippen LogP contribution < -0.4 is 0 Å². The number of urea groups is 1. The third-order valence-electron chi connectivity index (χ3n) is 4.28. The topological polar surface area (TPSA) is 60.9 Å². The molecule has 0 aromatic heterocycles. The SMILES string of the molecule is CC1CCCN1C(=O)N1CCCC(C)(C(=O)O)C1. The monoisotopic (exact) mass is 254 g/mol. The van der Waals surface area contributed by atoms with E-state index in [0.29, 0.717) is 19.5 Å². The van der Waals surface area contributed by atoms with Gasteiger partial charge in [0.1, 0.15) is 0 Å². The molecule has 102 valence electrons. The van der Waals surface area contributed by atoms with Crippen LogP contribution in [0.1, 0.15) is 39.5 Å². The molecule has 2 aliphatic rings. The predicted molar refractivity (Wildman–Crippen MR) is 67.3 cm³/mol. The van der Waals surface area contributed by atoms with Crippen LogP contribution in [0.3, 0.4) is 0 Å². The van der Waals surface area contributed by atoms with Gasteiger partial charge in [-0.05, 0) is 39.5 Å². The quantitative estimate of drug-likeness (QED) is 0.776. The van der Waals surface area contributed by atoms with Crippen LogP contribution in [-0.2, 0) is 4.79 Å². The maximum atomic E-state index is 12.4. The second-order valence-corrected chi connectivity index (χ2v) is 5.86. The van der Waals surface area contributed by atoms with Gasteiger partial charge < -0.3 is 14.9 Å². The van der Waals surface area contributed by atoms with E-state index in [2.05, 4.69) is 6.92 Å². The highest BCUT2D eigenvalue weighted by atomic mass is 16.4. The fourth-order valence-electron chi connectivity index (χ4n) is 2.98. The summed E-state index contributed by atoms with van der Waals surface area (Å²) in [5.74, 6) is -0.797. The van der Waals surface area contributed by atoms with Crippen LogP contribution in [0.25, 0.3) is 0 Å². The van der Waals surface area contributed by atoms with Gasteiger partial charge in [0.2, 0.25) is 0 Å². The third-order valence-corrected chi connectivity index (χ3v) is 4.28. The van der Waals surface area contributed by atoms with Crippen LogP contribution in [0.4, 0.5) is 4.79 Å². The lowest BCUT2D eigenvalue weighted by Gasteiger charge is -2.40. The zero-order valence-corrected chi connectivity index (χ0v) is 11.2. The van der Waals surface area contributed by atoms with E-state index in [1.807, 2.05) is 4.90 Å². The molecule has 2 heterocycles. The Bertz CT molecular complexity index is 358. The number of aliphatic carboxylic acids is 1. The van der Waals surface area contributed by atoms with Gasteiger partial charge in [-0.25, -0.2) is 4.79 Å². The number of piperidine rings is 1. The summed E-state index contributed by atoms with van der Waals surface area (Å²) in [7, 11) is 0. The standard InChI is InChI=1S/C13H22N2O3/c1-10-5-3-8-15(10)12(18)14-7-4-6-13(2,9-14)11(16)17/h10H,3-9H2,1-2H3,(H,16,17). The summed E-state index contributed by atoms with van der Waals surface area (Å²) in [6.45, 7) is 5.63. The summed E-state index contributed by atoms with van der Waals surface area (Å²) in [4.78, 5) is 27.3. The molecule has 2 fully saturated rings. The van der Waals surface area contributed by atoms with Gasteiger partial charge in [-0.1, -0.05) is 0 Å². The van der Waals surface area contributed by atoms with Gasteiger partial charge in [0.25, 0.3) is 0 Å². The van der Waals surface area contributed by atoms with Crippen molar-refractivity contribution in [1.29, 1.82) is 0 Å². The van der Waals surface area contributed by atoms with E-state index >= 15 is 0 Å². The van der Waals surface area contributed by atoms with Crippen LogP contribution in [0.15, 0.2) is 0 Å². The van der Waals surface area contributed by atoms with Gasteiger partial charge >= 0.3 is 12.0 Å². The Kier molecular flexibility index (Phi) is 3.50. The van der Waals surface area contributed by atoms with E-state index in [4.69, 9.17) is 0 Å². The Morgan fingerprint density at radius 2 is 2.00 bits per heavy atom. The first-order valence-electron chi connectivity index (χ1n) is 6.73. The van der Waals surface area contributed by atoms with E-state index in [9.17, 15) is 14.7 Å². The van der Waals surface area contributed by atoms with Crippen molar-refractivity contribution in [3.63, 3.8) is 0 Å². The molecule has 1 N–H and O–H groups in total. The first kappa shape index (κ1) is 13.2. The average molecular weight is 254 g/mol. The van der Waals surface area contributed by atoms with Gasteiger partial charge in [0.15, 0.2) is 0 Å². The van der Waals surface area contributed by atoms with Gasteiger partial charge in [-0.15, -0.1) is 0 Å². The van der Waals surface area contributed by atoms with Crippen molar-refractivity contribution in [1.82, 2.24) is 9.80 Å². The number of carboxylic acid groups (broad SMARTS) is 1. The number of nitrogens with zero attached hydrogens (tertiary/aromatic N) is 2. The average Bonchev–Trinajstić information content (AvgIpc) is 2.74. The number of carbonyl (C=O) groups excluding carboxylic acids is 1. The van der Waals surface area contributed by atoms with Gasteiger partial charge in [0.05, 0.1) is 5.41 Å². The van der Waals surface area contributed by atoms with Crippen molar-refractivity contribution in [2.75, 3.05) is 19.6 Å². The number of hydrogen-bond acceptors (Lipinski definition) is 2. The van der Waals surface area contributed by atoms with Gasteiger partial charge in [0, 0.05) is 25.7 Å². The van der Waals surface area contributed by atoms with E-state index < -0.39 is 11.4 Å². The molecule has 0 spiro atoms. The molecule has 2 amide bonds. The Balaban J connectivity index is 2.05. The predicted octanol–water partition coefficient (Wildman–Crippen LogP) is 1.78. The van der Waals surface area contributed by atoms with Crippen molar-refractivity contribution in [3.8, 4) is 0 Å². The van der Waals surface area contributed by atoms with E-state index in [1.165, 1.54) is 0 Å². The molecule has 2 unspecified atom stereocenters. The first-order valence-corrected chi connectivity index (χ1v) is 6.73. The molecule has 0 bridgehead atoms. The molecule has 5 heteroatoms. The molecule has 2 saturated heterocycles. The van der Waals surface area contributed by atoms with Crippen LogP contribution in [-0.4, -0.2) is 52.6 Å². The Morgan fingerprint density at radius 1 is 1.28 bits per heavy atom. The van der Waals surface area contributed by atoms with E-state index in [-0.39, 0.29) is 12.1 Å². The zero-order valence-electron chi connectivity index (χ0n) is 11.2. The molecule has 0 aromatic carbocycles. The third kappa shape index (κ3) is 2.31. The lowest BCUT2D eigenvalue weighted by molar-refractivity contribution is -0.150.